The average molecular weight is 359 g/mol. The number of rotatable bonds is 2. The minimum absolute atomic E-state index is 0.114. The summed E-state index contributed by atoms with van der Waals surface area (Å²) in [6.45, 7) is 3.85. The van der Waals surface area contributed by atoms with Gasteiger partial charge in [-0.25, -0.2) is 9.97 Å². The van der Waals surface area contributed by atoms with Crippen LogP contribution in [0.3, 0.4) is 0 Å². The van der Waals surface area contributed by atoms with Crippen LogP contribution in [0.5, 0.6) is 5.88 Å². The Labute approximate surface area is 151 Å². The van der Waals surface area contributed by atoms with Gasteiger partial charge in [0.1, 0.15) is 0 Å². The molecular formula is C18H19ClN4O2. The Morgan fingerprint density at radius 3 is 2.76 bits per heavy atom. The molecule has 1 aromatic carbocycles. The number of ether oxygens (including phenoxy) is 1. The standard InChI is InChI=1S/C18H19ClN4O2/c1-12(24)22-6-5-18(10-22)11-23(15-4-3-13(19)7-14(15)18)16-8-21-17(25-2)9-20-16/h3-4,7-9H,5-6,10-11H2,1-2H3. The predicted octanol–water partition coefficient (Wildman–Crippen LogP) is 2.78. The summed E-state index contributed by atoms with van der Waals surface area (Å²) in [4.78, 5) is 24.7. The molecular weight excluding hydrogens is 340 g/mol. The van der Waals surface area contributed by atoms with Crippen molar-refractivity contribution in [3.8, 4) is 5.88 Å². The first kappa shape index (κ1) is 16.1. The second-order valence-corrected chi connectivity index (χ2v) is 7.07. The molecule has 1 amide bonds. The third-order valence-electron chi connectivity index (χ3n) is 5.18. The number of hydrogen-bond acceptors (Lipinski definition) is 5. The van der Waals surface area contributed by atoms with Crippen molar-refractivity contribution in [3.05, 3.63) is 41.2 Å². The molecule has 0 N–H and O–H groups in total. The molecule has 25 heavy (non-hydrogen) atoms. The van der Waals surface area contributed by atoms with E-state index in [4.69, 9.17) is 16.3 Å². The number of likely N-dealkylation sites (tertiary alicyclic amines) is 1. The van der Waals surface area contributed by atoms with Gasteiger partial charge in [0, 0.05) is 42.7 Å². The Hall–Kier alpha value is -2.34. The maximum atomic E-state index is 11.8. The lowest BCUT2D eigenvalue weighted by Crippen LogP contribution is -2.36. The SMILES string of the molecule is COc1cnc(N2CC3(CCN(C(C)=O)C3)c3cc(Cl)ccc32)cn1. The molecule has 1 unspecified atom stereocenters. The molecule has 1 aromatic heterocycles. The Kier molecular flexibility index (Phi) is 3.80. The van der Waals surface area contributed by atoms with E-state index < -0.39 is 0 Å². The maximum absolute atomic E-state index is 11.8. The number of hydrogen-bond donors (Lipinski definition) is 0. The van der Waals surface area contributed by atoms with Gasteiger partial charge in [-0.2, -0.15) is 0 Å². The third-order valence-corrected chi connectivity index (χ3v) is 5.42. The molecule has 1 spiro atoms. The maximum Gasteiger partial charge on any atom is 0.232 e. The van der Waals surface area contributed by atoms with Crippen LogP contribution in [0.4, 0.5) is 11.5 Å². The molecule has 130 valence electrons. The van der Waals surface area contributed by atoms with Crippen molar-refractivity contribution in [2.24, 2.45) is 0 Å². The fraction of sp³-hybridized carbons (Fsp3) is 0.389. The van der Waals surface area contributed by atoms with Gasteiger partial charge >= 0.3 is 0 Å². The summed E-state index contributed by atoms with van der Waals surface area (Å²) < 4.78 is 5.10. The van der Waals surface area contributed by atoms with E-state index in [-0.39, 0.29) is 11.3 Å². The number of anilines is 2. The lowest BCUT2D eigenvalue weighted by Gasteiger charge is -2.25. The monoisotopic (exact) mass is 358 g/mol. The van der Waals surface area contributed by atoms with Crippen molar-refractivity contribution < 1.29 is 9.53 Å². The Morgan fingerprint density at radius 1 is 1.28 bits per heavy atom. The molecule has 1 fully saturated rings. The molecule has 0 aliphatic carbocycles. The number of benzene rings is 1. The fourth-order valence-electron chi connectivity index (χ4n) is 3.89. The minimum Gasteiger partial charge on any atom is -0.480 e. The van der Waals surface area contributed by atoms with Crippen LogP contribution in [0.15, 0.2) is 30.6 Å². The first-order valence-electron chi connectivity index (χ1n) is 8.21. The molecule has 0 radical (unpaired) electrons. The van der Waals surface area contributed by atoms with E-state index in [1.807, 2.05) is 23.1 Å². The van der Waals surface area contributed by atoms with Crippen molar-refractivity contribution >= 4 is 29.0 Å². The number of nitrogens with zero attached hydrogens (tertiary/aromatic N) is 4. The summed E-state index contributed by atoms with van der Waals surface area (Å²) in [6, 6.07) is 5.94. The smallest absolute Gasteiger partial charge is 0.232 e. The van der Waals surface area contributed by atoms with Crippen LogP contribution in [-0.2, 0) is 10.2 Å². The molecule has 2 aliphatic heterocycles. The highest BCUT2D eigenvalue weighted by atomic mass is 35.5. The number of carbonyl (C=O) groups is 1. The summed E-state index contributed by atoms with van der Waals surface area (Å²) >= 11 is 6.27. The summed E-state index contributed by atoms with van der Waals surface area (Å²) in [5, 5.41) is 0.710. The molecule has 3 heterocycles. The largest absolute Gasteiger partial charge is 0.480 e. The fourth-order valence-corrected chi connectivity index (χ4v) is 4.06. The molecule has 2 aromatic rings. The normalized spacial score (nSPS) is 21.7. The number of methoxy groups -OCH3 is 1. The van der Waals surface area contributed by atoms with Crippen LogP contribution in [-0.4, -0.2) is 47.5 Å². The number of fused-ring (bicyclic) bond motifs is 2. The van der Waals surface area contributed by atoms with E-state index in [9.17, 15) is 4.79 Å². The molecule has 0 saturated carbocycles. The molecule has 1 atom stereocenters. The number of aromatic nitrogens is 2. The van der Waals surface area contributed by atoms with Crippen molar-refractivity contribution in [2.45, 2.75) is 18.8 Å². The molecule has 0 bridgehead atoms. The van der Waals surface area contributed by atoms with Gasteiger partial charge in [-0.05, 0) is 30.2 Å². The topological polar surface area (TPSA) is 58.6 Å². The highest BCUT2D eigenvalue weighted by molar-refractivity contribution is 6.30. The minimum atomic E-state index is -0.118. The van der Waals surface area contributed by atoms with E-state index in [1.165, 1.54) is 5.56 Å². The lowest BCUT2D eigenvalue weighted by molar-refractivity contribution is -0.127. The van der Waals surface area contributed by atoms with Gasteiger partial charge < -0.3 is 14.5 Å². The number of amides is 1. The van der Waals surface area contributed by atoms with Gasteiger partial charge in [0.15, 0.2) is 5.82 Å². The van der Waals surface area contributed by atoms with Gasteiger partial charge in [-0.15, -0.1) is 0 Å². The van der Waals surface area contributed by atoms with Crippen LogP contribution < -0.4 is 9.64 Å². The highest BCUT2D eigenvalue weighted by Gasteiger charge is 2.48. The zero-order valence-electron chi connectivity index (χ0n) is 14.2. The predicted molar refractivity (Wildman–Crippen MR) is 95.6 cm³/mol. The summed E-state index contributed by atoms with van der Waals surface area (Å²) in [5.41, 5.74) is 2.14. The number of halogens is 1. The van der Waals surface area contributed by atoms with Crippen molar-refractivity contribution in [1.29, 1.82) is 0 Å². The Balaban J connectivity index is 1.75. The summed E-state index contributed by atoms with van der Waals surface area (Å²) in [6.07, 6.45) is 4.25. The molecule has 6 nitrogen and oxygen atoms in total. The van der Waals surface area contributed by atoms with Gasteiger partial charge in [0.25, 0.3) is 0 Å². The first-order chi connectivity index (χ1) is 12.0. The van der Waals surface area contributed by atoms with E-state index >= 15 is 0 Å². The zero-order valence-corrected chi connectivity index (χ0v) is 15.0. The van der Waals surface area contributed by atoms with E-state index in [0.717, 1.165) is 31.0 Å². The van der Waals surface area contributed by atoms with Crippen LogP contribution >= 0.6 is 11.6 Å². The van der Waals surface area contributed by atoms with E-state index in [2.05, 4.69) is 14.9 Å². The van der Waals surface area contributed by atoms with Crippen molar-refractivity contribution in [1.82, 2.24) is 14.9 Å². The summed E-state index contributed by atoms with van der Waals surface area (Å²) in [5.74, 6) is 1.36. The van der Waals surface area contributed by atoms with Gasteiger partial charge in [0.05, 0.1) is 19.5 Å². The van der Waals surface area contributed by atoms with E-state index in [0.29, 0.717) is 17.4 Å². The van der Waals surface area contributed by atoms with Gasteiger partial charge in [-0.3, -0.25) is 4.79 Å². The molecule has 7 heteroatoms. The highest BCUT2D eigenvalue weighted by Crippen LogP contribution is 2.49. The quantitative estimate of drug-likeness (QED) is 0.826. The third kappa shape index (κ3) is 2.61. The van der Waals surface area contributed by atoms with Crippen LogP contribution in [0.1, 0.15) is 18.9 Å². The van der Waals surface area contributed by atoms with Crippen LogP contribution in [0.2, 0.25) is 5.02 Å². The lowest BCUT2D eigenvalue weighted by atomic mass is 9.81. The molecule has 4 rings (SSSR count). The van der Waals surface area contributed by atoms with Gasteiger partial charge in [-0.1, -0.05) is 11.6 Å². The zero-order chi connectivity index (χ0) is 17.6. The number of carbonyl (C=O) groups excluding carboxylic acids is 1. The first-order valence-corrected chi connectivity index (χ1v) is 8.59. The second-order valence-electron chi connectivity index (χ2n) is 6.64. The van der Waals surface area contributed by atoms with Crippen molar-refractivity contribution in [2.75, 3.05) is 31.6 Å². The van der Waals surface area contributed by atoms with Crippen LogP contribution in [0, 0.1) is 0 Å². The Morgan fingerprint density at radius 2 is 2.12 bits per heavy atom. The molecule has 1 saturated heterocycles. The Bertz CT molecular complexity index is 826. The van der Waals surface area contributed by atoms with Crippen LogP contribution in [0.25, 0.3) is 0 Å². The second kappa shape index (κ2) is 5.88. The van der Waals surface area contributed by atoms with Crippen molar-refractivity contribution in [3.63, 3.8) is 0 Å². The average Bonchev–Trinajstić information content (AvgIpc) is 3.18. The summed E-state index contributed by atoms with van der Waals surface area (Å²) in [7, 11) is 1.57. The van der Waals surface area contributed by atoms with E-state index in [1.54, 1.807) is 26.4 Å². The van der Waals surface area contributed by atoms with Gasteiger partial charge in [0.2, 0.25) is 11.8 Å². The molecule has 2 aliphatic rings.